The molecule has 0 aliphatic heterocycles. The molecule has 28 heavy (non-hydrogen) atoms. The lowest BCUT2D eigenvalue weighted by atomic mass is 9.83. The predicted octanol–water partition coefficient (Wildman–Crippen LogP) is 8.88. The van der Waals surface area contributed by atoms with Crippen molar-refractivity contribution >= 4 is 5.97 Å². The molecule has 2 heteroatoms. The molecule has 3 atom stereocenters. The Morgan fingerprint density at radius 2 is 1.29 bits per heavy atom. The first-order chi connectivity index (χ1) is 13.4. The Bertz CT molecular complexity index is 350. The van der Waals surface area contributed by atoms with E-state index in [0.29, 0.717) is 11.8 Å². The van der Waals surface area contributed by atoms with Crippen LogP contribution in [0.4, 0.5) is 0 Å². The summed E-state index contributed by atoms with van der Waals surface area (Å²) in [6.45, 7) is 11.4. The number of hydrogen-bond acceptors (Lipinski definition) is 1. The van der Waals surface area contributed by atoms with E-state index >= 15 is 0 Å². The van der Waals surface area contributed by atoms with Gasteiger partial charge in [-0.15, -0.1) is 0 Å². The third kappa shape index (κ3) is 16.4. The zero-order valence-corrected chi connectivity index (χ0v) is 20.0. The van der Waals surface area contributed by atoms with Crippen molar-refractivity contribution in [3.63, 3.8) is 0 Å². The third-order valence-electron chi connectivity index (χ3n) is 6.37. The first-order valence-corrected chi connectivity index (χ1v) is 12.6. The molecule has 0 aromatic heterocycles. The summed E-state index contributed by atoms with van der Waals surface area (Å²) in [4.78, 5) is 11.8. The molecular formula is C26H52O2. The van der Waals surface area contributed by atoms with Gasteiger partial charge < -0.3 is 5.11 Å². The van der Waals surface area contributed by atoms with Crippen molar-refractivity contribution in [2.75, 3.05) is 0 Å². The van der Waals surface area contributed by atoms with Gasteiger partial charge in [0.25, 0.3) is 0 Å². The number of rotatable bonds is 20. The molecule has 2 nitrogen and oxygen atoms in total. The van der Waals surface area contributed by atoms with Crippen molar-refractivity contribution in [2.24, 2.45) is 23.7 Å². The molecular weight excluding hydrogens is 344 g/mol. The van der Waals surface area contributed by atoms with Gasteiger partial charge in [0.15, 0.2) is 0 Å². The summed E-state index contributed by atoms with van der Waals surface area (Å²) >= 11 is 0. The molecule has 0 saturated heterocycles. The summed E-state index contributed by atoms with van der Waals surface area (Å²) in [5, 5.41) is 9.68. The number of carbonyl (C=O) groups is 1. The Kier molecular flexibility index (Phi) is 18.1. The Morgan fingerprint density at radius 3 is 1.82 bits per heavy atom. The van der Waals surface area contributed by atoms with E-state index in [1.165, 1.54) is 83.5 Å². The van der Waals surface area contributed by atoms with Gasteiger partial charge in [0.2, 0.25) is 0 Å². The second-order valence-corrected chi connectivity index (χ2v) is 9.84. The van der Waals surface area contributed by atoms with Crippen LogP contribution in [0.3, 0.4) is 0 Å². The quantitative estimate of drug-likeness (QED) is 0.209. The van der Waals surface area contributed by atoms with Crippen molar-refractivity contribution < 1.29 is 9.90 Å². The highest BCUT2D eigenvalue weighted by Crippen LogP contribution is 2.28. The summed E-state index contributed by atoms with van der Waals surface area (Å²) in [6.07, 6.45) is 19.7. The van der Waals surface area contributed by atoms with Crippen LogP contribution in [0, 0.1) is 23.7 Å². The summed E-state index contributed by atoms with van der Waals surface area (Å²) in [7, 11) is 0. The SMILES string of the molecule is CCCCC(CCC)CC(CCC(C)CCCCCCCCC(C)C)C(=O)O. The minimum Gasteiger partial charge on any atom is -0.481 e. The molecule has 0 bridgehead atoms. The number of carboxylic acids is 1. The van der Waals surface area contributed by atoms with Gasteiger partial charge in [-0.25, -0.2) is 0 Å². The molecule has 0 aliphatic carbocycles. The maximum atomic E-state index is 11.8. The lowest BCUT2D eigenvalue weighted by Crippen LogP contribution is -2.19. The molecule has 0 saturated carbocycles. The van der Waals surface area contributed by atoms with Crippen LogP contribution < -0.4 is 0 Å². The second-order valence-electron chi connectivity index (χ2n) is 9.84. The van der Waals surface area contributed by atoms with Gasteiger partial charge in [0, 0.05) is 0 Å². The third-order valence-corrected chi connectivity index (χ3v) is 6.37. The first kappa shape index (κ1) is 27.5. The fourth-order valence-corrected chi connectivity index (χ4v) is 4.41. The first-order valence-electron chi connectivity index (χ1n) is 12.6. The van der Waals surface area contributed by atoms with Crippen LogP contribution in [-0.4, -0.2) is 11.1 Å². The number of unbranched alkanes of at least 4 members (excludes halogenated alkanes) is 6. The topological polar surface area (TPSA) is 37.3 Å². The van der Waals surface area contributed by atoms with Gasteiger partial charge in [-0.1, -0.05) is 118 Å². The Balaban J connectivity index is 3.96. The molecule has 0 spiro atoms. The van der Waals surface area contributed by atoms with Crippen LogP contribution >= 0.6 is 0 Å². The van der Waals surface area contributed by atoms with Crippen LogP contribution in [0.15, 0.2) is 0 Å². The molecule has 0 radical (unpaired) electrons. The van der Waals surface area contributed by atoms with Crippen molar-refractivity contribution in [3.05, 3.63) is 0 Å². The molecule has 0 amide bonds. The molecule has 0 aromatic rings. The van der Waals surface area contributed by atoms with Crippen molar-refractivity contribution in [1.82, 2.24) is 0 Å². The minimum atomic E-state index is -0.564. The lowest BCUT2D eigenvalue weighted by Gasteiger charge is -2.22. The van der Waals surface area contributed by atoms with E-state index in [2.05, 4.69) is 34.6 Å². The molecule has 1 N–H and O–H groups in total. The molecule has 0 aromatic carbocycles. The summed E-state index contributed by atoms with van der Waals surface area (Å²) in [5.41, 5.74) is 0. The highest BCUT2D eigenvalue weighted by atomic mass is 16.4. The molecule has 0 aliphatic rings. The molecule has 0 heterocycles. The van der Waals surface area contributed by atoms with Gasteiger partial charge >= 0.3 is 5.97 Å². The molecule has 0 fully saturated rings. The predicted molar refractivity (Wildman–Crippen MR) is 124 cm³/mol. The van der Waals surface area contributed by atoms with Crippen molar-refractivity contribution in [1.29, 1.82) is 0 Å². The van der Waals surface area contributed by atoms with Gasteiger partial charge in [-0.3, -0.25) is 4.79 Å². The van der Waals surface area contributed by atoms with Crippen LogP contribution in [0.25, 0.3) is 0 Å². The van der Waals surface area contributed by atoms with E-state index < -0.39 is 5.97 Å². The minimum absolute atomic E-state index is 0.128. The highest BCUT2D eigenvalue weighted by Gasteiger charge is 2.22. The van der Waals surface area contributed by atoms with Gasteiger partial charge in [-0.2, -0.15) is 0 Å². The van der Waals surface area contributed by atoms with Gasteiger partial charge in [0.1, 0.15) is 0 Å². The Hall–Kier alpha value is -0.530. The van der Waals surface area contributed by atoms with Crippen molar-refractivity contribution in [2.45, 2.75) is 137 Å². The standard InChI is InChI=1S/C26H52O2/c1-6-8-18-24(15-7-2)21-25(26(27)28)20-19-23(5)17-14-12-10-9-11-13-16-22(3)4/h22-25H,6-21H2,1-5H3,(H,27,28). The average Bonchev–Trinajstić information content (AvgIpc) is 2.64. The van der Waals surface area contributed by atoms with Crippen LogP contribution in [0.2, 0.25) is 0 Å². The van der Waals surface area contributed by atoms with Crippen LogP contribution in [0.1, 0.15) is 137 Å². The fraction of sp³-hybridized carbons (Fsp3) is 0.962. The maximum absolute atomic E-state index is 11.8. The van der Waals surface area contributed by atoms with E-state index in [1.807, 2.05) is 0 Å². The van der Waals surface area contributed by atoms with Gasteiger partial charge in [-0.05, 0) is 37.0 Å². The second kappa shape index (κ2) is 18.5. The number of carboxylic acid groups (broad SMARTS) is 1. The molecule has 3 unspecified atom stereocenters. The normalized spacial score (nSPS) is 14.9. The van der Waals surface area contributed by atoms with Crippen LogP contribution in [-0.2, 0) is 4.79 Å². The number of hydrogen-bond donors (Lipinski definition) is 1. The smallest absolute Gasteiger partial charge is 0.306 e. The maximum Gasteiger partial charge on any atom is 0.306 e. The van der Waals surface area contributed by atoms with E-state index in [0.717, 1.165) is 25.2 Å². The van der Waals surface area contributed by atoms with E-state index in [-0.39, 0.29) is 5.92 Å². The average molecular weight is 397 g/mol. The summed E-state index contributed by atoms with van der Waals surface area (Å²) in [6, 6.07) is 0. The number of aliphatic carboxylic acids is 1. The highest BCUT2D eigenvalue weighted by molar-refractivity contribution is 5.69. The van der Waals surface area contributed by atoms with Gasteiger partial charge in [0.05, 0.1) is 5.92 Å². The van der Waals surface area contributed by atoms with Crippen LogP contribution in [0.5, 0.6) is 0 Å². The zero-order valence-electron chi connectivity index (χ0n) is 20.0. The largest absolute Gasteiger partial charge is 0.481 e. The molecule has 0 rings (SSSR count). The van der Waals surface area contributed by atoms with Crippen molar-refractivity contribution in [3.8, 4) is 0 Å². The van der Waals surface area contributed by atoms with E-state index in [1.54, 1.807) is 0 Å². The lowest BCUT2D eigenvalue weighted by molar-refractivity contribution is -0.142. The Labute approximate surface area is 177 Å². The van der Waals surface area contributed by atoms with E-state index in [4.69, 9.17) is 0 Å². The van der Waals surface area contributed by atoms with E-state index in [9.17, 15) is 9.90 Å². The molecule has 168 valence electrons. The zero-order chi connectivity index (χ0) is 21.2. The fourth-order valence-electron chi connectivity index (χ4n) is 4.41. The summed E-state index contributed by atoms with van der Waals surface area (Å²) in [5.74, 6) is 1.43. The monoisotopic (exact) mass is 396 g/mol. The Morgan fingerprint density at radius 1 is 0.679 bits per heavy atom. The summed E-state index contributed by atoms with van der Waals surface area (Å²) < 4.78 is 0.